The molecule has 102 valence electrons. The van der Waals surface area contributed by atoms with E-state index in [4.69, 9.17) is 9.47 Å². The van der Waals surface area contributed by atoms with Crippen LogP contribution in [-0.2, 0) is 0 Å². The summed E-state index contributed by atoms with van der Waals surface area (Å²) in [6, 6.07) is 2.58. The minimum absolute atomic E-state index is 0.00832. The number of anilines is 1. The van der Waals surface area contributed by atoms with Crippen LogP contribution in [0.1, 0.15) is 10.4 Å². The predicted molar refractivity (Wildman–Crippen MR) is 65.8 cm³/mol. The average molecular weight is 276 g/mol. The molecular weight excluding hydrogens is 268 g/mol. The highest BCUT2D eigenvalue weighted by Gasteiger charge is 2.24. The average Bonchev–Trinajstić information content (AvgIpc) is 3.08. The summed E-state index contributed by atoms with van der Waals surface area (Å²) in [5.41, 5.74) is 0.0218. The number of ether oxygens (including phenoxy) is 2. The van der Waals surface area contributed by atoms with Gasteiger partial charge in [-0.2, -0.15) is 5.10 Å². The third kappa shape index (κ3) is 2.00. The first-order valence-electron chi connectivity index (χ1n) is 5.53. The molecule has 1 aliphatic heterocycles. The number of amides is 1. The lowest BCUT2D eigenvalue weighted by atomic mass is 10.2. The Kier molecular flexibility index (Phi) is 2.71. The van der Waals surface area contributed by atoms with Crippen molar-refractivity contribution in [2.24, 2.45) is 0 Å². The van der Waals surface area contributed by atoms with Crippen molar-refractivity contribution in [1.82, 2.24) is 10.2 Å². The van der Waals surface area contributed by atoms with E-state index in [-0.39, 0.29) is 29.5 Å². The molecule has 0 saturated heterocycles. The minimum atomic E-state index is -0.604. The Balaban J connectivity index is 1.96. The SMILES string of the molecule is O=C(Nc1cc2c(cc1[N+](=O)[O-])OCO2)c1cn[nH]c1. The Morgan fingerprint density at radius 3 is 2.80 bits per heavy atom. The second-order valence-corrected chi connectivity index (χ2v) is 3.92. The number of benzene rings is 1. The largest absolute Gasteiger partial charge is 0.454 e. The molecule has 0 radical (unpaired) electrons. The third-order valence-electron chi connectivity index (χ3n) is 2.70. The van der Waals surface area contributed by atoms with E-state index in [9.17, 15) is 14.9 Å². The van der Waals surface area contributed by atoms with E-state index in [1.54, 1.807) is 0 Å². The number of hydrogen-bond acceptors (Lipinski definition) is 6. The molecule has 9 heteroatoms. The normalized spacial score (nSPS) is 12.2. The molecule has 0 fully saturated rings. The molecule has 9 nitrogen and oxygen atoms in total. The molecule has 1 aromatic carbocycles. The number of aromatic nitrogens is 2. The zero-order valence-corrected chi connectivity index (χ0v) is 9.95. The topological polar surface area (TPSA) is 119 Å². The Bertz CT molecular complexity index is 682. The Morgan fingerprint density at radius 2 is 2.15 bits per heavy atom. The molecule has 3 rings (SSSR count). The van der Waals surface area contributed by atoms with Gasteiger partial charge in [-0.3, -0.25) is 20.0 Å². The number of nitro benzene ring substituents is 1. The molecule has 1 aliphatic rings. The zero-order valence-electron chi connectivity index (χ0n) is 9.95. The fourth-order valence-electron chi connectivity index (χ4n) is 1.75. The molecule has 1 amide bonds. The van der Waals surface area contributed by atoms with Crippen LogP contribution in [0.5, 0.6) is 11.5 Å². The van der Waals surface area contributed by atoms with Crippen LogP contribution in [0, 0.1) is 10.1 Å². The Labute approximate surface area is 111 Å². The van der Waals surface area contributed by atoms with Crippen LogP contribution >= 0.6 is 0 Å². The number of nitrogens with zero attached hydrogens (tertiary/aromatic N) is 2. The molecule has 0 spiro atoms. The summed E-state index contributed by atoms with van der Waals surface area (Å²) in [4.78, 5) is 22.3. The van der Waals surface area contributed by atoms with Gasteiger partial charge in [0.2, 0.25) is 6.79 Å². The van der Waals surface area contributed by atoms with Crippen molar-refractivity contribution in [2.45, 2.75) is 0 Å². The van der Waals surface area contributed by atoms with E-state index in [1.807, 2.05) is 0 Å². The summed E-state index contributed by atoms with van der Waals surface area (Å²) in [5.74, 6) is 0.108. The second-order valence-electron chi connectivity index (χ2n) is 3.92. The number of nitrogens with one attached hydrogen (secondary N) is 2. The van der Waals surface area contributed by atoms with Gasteiger partial charge in [-0.05, 0) is 0 Å². The number of H-pyrrole nitrogens is 1. The summed E-state index contributed by atoms with van der Waals surface area (Å²) in [5, 5.41) is 19.6. The maximum Gasteiger partial charge on any atom is 0.296 e. The molecule has 2 heterocycles. The third-order valence-corrected chi connectivity index (χ3v) is 2.70. The van der Waals surface area contributed by atoms with Crippen molar-refractivity contribution in [1.29, 1.82) is 0 Å². The summed E-state index contributed by atoms with van der Waals surface area (Å²) in [6.07, 6.45) is 2.70. The van der Waals surface area contributed by atoms with Crippen LogP contribution in [0.2, 0.25) is 0 Å². The number of rotatable bonds is 3. The van der Waals surface area contributed by atoms with Crippen LogP contribution in [-0.4, -0.2) is 27.8 Å². The monoisotopic (exact) mass is 276 g/mol. The van der Waals surface area contributed by atoms with E-state index >= 15 is 0 Å². The van der Waals surface area contributed by atoms with Crippen molar-refractivity contribution in [3.8, 4) is 11.5 Å². The number of carbonyl (C=O) groups excluding carboxylic acids is 1. The van der Waals surface area contributed by atoms with E-state index < -0.39 is 10.8 Å². The first-order valence-corrected chi connectivity index (χ1v) is 5.53. The van der Waals surface area contributed by atoms with Gasteiger partial charge in [-0.15, -0.1) is 0 Å². The summed E-state index contributed by atoms with van der Waals surface area (Å²) >= 11 is 0. The molecule has 0 saturated carbocycles. The summed E-state index contributed by atoms with van der Waals surface area (Å²) < 4.78 is 10.2. The van der Waals surface area contributed by atoms with Gasteiger partial charge in [0.15, 0.2) is 11.5 Å². The Morgan fingerprint density at radius 1 is 1.40 bits per heavy atom. The lowest BCUT2D eigenvalue weighted by Crippen LogP contribution is -2.12. The van der Waals surface area contributed by atoms with Gasteiger partial charge < -0.3 is 14.8 Å². The molecule has 20 heavy (non-hydrogen) atoms. The van der Waals surface area contributed by atoms with Gasteiger partial charge in [-0.1, -0.05) is 0 Å². The molecule has 1 aromatic heterocycles. The summed E-state index contributed by atoms with van der Waals surface area (Å²) in [7, 11) is 0. The highest BCUT2D eigenvalue weighted by molar-refractivity contribution is 6.05. The second kappa shape index (κ2) is 4.53. The van der Waals surface area contributed by atoms with Gasteiger partial charge in [0.05, 0.1) is 22.7 Å². The number of nitro groups is 1. The van der Waals surface area contributed by atoms with Gasteiger partial charge in [0, 0.05) is 12.3 Å². The van der Waals surface area contributed by atoms with Crippen molar-refractivity contribution in [2.75, 3.05) is 12.1 Å². The molecule has 0 aliphatic carbocycles. The molecule has 2 N–H and O–H groups in total. The number of aromatic amines is 1. The van der Waals surface area contributed by atoms with E-state index in [0.29, 0.717) is 5.75 Å². The van der Waals surface area contributed by atoms with E-state index in [2.05, 4.69) is 15.5 Å². The standard InChI is InChI=1S/C11H8N4O5/c16-11(6-3-12-13-4-6)14-7-1-9-10(20-5-19-9)2-8(7)15(17)18/h1-4H,5H2,(H,12,13)(H,14,16). The van der Waals surface area contributed by atoms with Gasteiger partial charge in [0.25, 0.3) is 11.6 Å². The van der Waals surface area contributed by atoms with Gasteiger partial charge in [-0.25, -0.2) is 0 Å². The molecular formula is C11H8N4O5. The van der Waals surface area contributed by atoms with Crippen molar-refractivity contribution < 1.29 is 19.2 Å². The molecule has 0 unspecified atom stereocenters. The van der Waals surface area contributed by atoms with Crippen molar-refractivity contribution in [3.63, 3.8) is 0 Å². The van der Waals surface area contributed by atoms with Gasteiger partial charge >= 0.3 is 0 Å². The Hall–Kier alpha value is -3.10. The molecule has 2 aromatic rings. The quantitative estimate of drug-likeness (QED) is 0.644. The highest BCUT2D eigenvalue weighted by atomic mass is 16.7. The molecule has 0 bridgehead atoms. The first-order chi connectivity index (χ1) is 9.65. The van der Waals surface area contributed by atoms with E-state index in [0.717, 1.165) is 0 Å². The van der Waals surface area contributed by atoms with Crippen LogP contribution in [0.3, 0.4) is 0 Å². The van der Waals surface area contributed by atoms with E-state index in [1.165, 1.54) is 24.5 Å². The lowest BCUT2D eigenvalue weighted by Gasteiger charge is -2.06. The zero-order chi connectivity index (χ0) is 14.1. The highest BCUT2D eigenvalue weighted by Crippen LogP contribution is 2.40. The van der Waals surface area contributed by atoms with Crippen molar-refractivity contribution >= 4 is 17.3 Å². The minimum Gasteiger partial charge on any atom is -0.454 e. The van der Waals surface area contributed by atoms with Crippen molar-refractivity contribution in [3.05, 3.63) is 40.2 Å². The maximum absolute atomic E-state index is 11.9. The smallest absolute Gasteiger partial charge is 0.296 e. The number of hydrogen-bond donors (Lipinski definition) is 2. The fourth-order valence-corrected chi connectivity index (χ4v) is 1.75. The number of fused-ring (bicyclic) bond motifs is 1. The van der Waals surface area contributed by atoms with Crippen LogP contribution in [0.4, 0.5) is 11.4 Å². The predicted octanol–water partition coefficient (Wildman–Crippen LogP) is 1.30. The molecule has 0 atom stereocenters. The lowest BCUT2D eigenvalue weighted by molar-refractivity contribution is -0.384. The van der Waals surface area contributed by atoms with Crippen LogP contribution < -0.4 is 14.8 Å². The maximum atomic E-state index is 11.9. The van der Waals surface area contributed by atoms with Gasteiger partial charge in [0.1, 0.15) is 5.69 Å². The summed E-state index contributed by atoms with van der Waals surface area (Å²) in [6.45, 7) is -0.00832. The van der Waals surface area contributed by atoms with Crippen LogP contribution in [0.25, 0.3) is 0 Å². The fraction of sp³-hybridized carbons (Fsp3) is 0.0909. The van der Waals surface area contributed by atoms with Crippen LogP contribution in [0.15, 0.2) is 24.5 Å². The number of carbonyl (C=O) groups is 1. The first kappa shape index (κ1) is 12.0.